The highest BCUT2D eigenvalue weighted by Gasteiger charge is 2.18. The van der Waals surface area contributed by atoms with Crippen LogP contribution in [0.3, 0.4) is 0 Å². The predicted molar refractivity (Wildman–Crippen MR) is 78.6 cm³/mol. The molecule has 1 atom stereocenters. The molecule has 0 aliphatic heterocycles. The molecule has 0 saturated heterocycles. The number of benzene rings is 1. The average Bonchev–Trinajstić information content (AvgIpc) is 2.44. The van der Waals surface area contributed by atoms with Gasteiger partial charge in [0.15, 0.2) is 0 Å². The maximum absolute atomic E-state index is 11.0. The number of carbonyl (C=O) groups is 1. The third-order valence-corrected chi connectivity index (χ3v) is 3.26. The van der Waals surface area contributed by atoms with Crippen LogP contribution in [0, 0.1) is 16.0 Å². The van der Waals surface area contributed by atoms with Crippen LogP contribution in [0.2, 0.25) is 0 Å². The second-order valence-electron chi connectivity index (χ2n) is 4.84. The van der Waals surface area contributed by atoms with Crippen molar-refractivity contribution in [3.05, 3.63) is 33.9 Å². The molecule has 1 aromatic carbocycles. The van der Waals surface area contributed by atoms with E-state index in [1.165, 1.54) is 12.1 Å². The lowest BCUT2D eigenvalue weighted by Crippen LogP contribution is -2.16. The van der Waals surface area contributed by atoms with Crippen LogP contribution in [-0.4, -0.2) is 34.3 Å². The Balaban J connectivity index is 2.86. The number of carboxylic acids is 1. The SMILES string of the molecule is CCCC(CCO)CNc1ccc(C(=O)O)cc1[N+](=O)[O-]. The van der Waals surface area contributed by atoms with Crippen molar-refractivity contribution in [2.45, 2.75) is 26.2 Å². The number of hydrogen-bond acceptors (Lipinski definition) is 5. The monoisotopic (exact) mass is 296 g/mol. The summed E-state index contributed by atoms with van der Waals surface area (Å²) in [6, 6.07) is 3.79. The van der Waals surface area contributed by atoms with Crippen LogP contribution in [0.15, 0.2) is 18.2 Å². The topological polar surface area (TPSA) is 113 Å². The maximum atomic E-state index is 11.0. The number of hydrogen-bond donors (Lipinski definition) is 3. The van der Waals surface area contributed by atoms with Crippen molar-refractivity contribution in [1.29, 1.82) is 0 Å². The standard InChI is InChI=1S/C14H20N2O5/c1-2-3-10(6-7-17)9-15-12-5-4-11(14(18)19)8-13(12)16(20)21/h4-5,8,10,15,17H,2-3,6-7,9H2,1H3,(H,18,19). The zero-order valence-electron chi connectivity index (χ0n) is 11.9. The van der Waals surface area contributed by atoms with Gasteiger partial charge in [-0.05, 0) is 30.9 Å². The van der Waals surface area contributed by atoms with Crippen molar-refractivity contribution in [2.24, 2.45) is 5.92 Å². The van der Waals surface area contributed by atoms with Gasteiger partial charge >= 0.3 is 5.97 Å². The summed E-state index contributed by atoms with van der Waals surface area (Å²) in [4.78, 5) is 21.3. The highest BCUT2D eigenvalue weighted by molar-refractivity contribution is 5.89. The molecule has 3 N–H and O–H groups in total. The quantitative estimate of drug-likeness (QED) is 0.476. The molecule has 1 unspecified atom stereocenters. The molecule has 0 aliphatic rings. The third-order valence-electron chi connectivity index (χ3n) is 3.26. The van der Waals surface area contributed by atoms with Crippen molar-refractivity contribution >= 4 is 17.3 Å². The van der Waals surface area contributed by atoms with Gasteiger partial charge in [-0.2, -0.15) is 0 Å². The summed E-state index contributed by atoms with van der Waals surface area (Å²) in [6.07, 6.45) is 2.50. The van der Waals surface area contributed by atoms with Gasteiger partial charge in [-0.3, -0.25) is 10.1 Å². The molecule has 0 amide bonds. The van der Waals surface area contributed by atoms with Gasteiger partial charge < -0.3 is 15.5 Å². The van der Waals surface area contributed by atoms with Crippen molar-refractivity contribution < 1.29 is 19.9 Å². The number of aliphatic hydroxyl groups excluding tert-OH is 1. The highest BCUT2D eigenvalue weighted by atomic mass is 16.6. The molecule has 0 heterocycles. The number of rotatable bonds is 9. The van der Waals surface area contributed by atoms with Crippen LogP contribution >= 0.6 is 0 Å². The molecule has 7 nitrogen and oxygen atoms in total. The van der Waals surface area contributed by atoms with E-state index in [-0.39, 0.29) is 23.8 Å². The summed E-state index contributed by atoms with van der Waals surface area (Å²) < 4.78 is 0. The molecule has 1 rings (SSSR count). The van der Waals surface area contributed by atoms with Gasteiger partial charge in [-0.15, -0.1) is 0 Å². The first-order chi connectivity index (χ1) is 9.99. The van der Waals surface area contributed by atoms with E-state index >= 15 is 0 Å². The van der Waals surface area contributed by atoms with Crippen LogP contribution < -0.4 is 5.32 Å². The van der Waals surface area contributed by atoms with Gasteiger partial charge in [-0.1, -0.05) is 13.3 Å². The summed E-state index contributed by atoms with van der Waals surface area (Å²) in [7, 11) is 0. The molecular formula is C14H20N2O5. The van der Waals surface area contributed by atoms with Crippen LogP contribution in [-0.2, 0) is 0 Å². The van der Waals surface area contributed by atoms with Crippen molar-refractivity contribution in [2.75, 3.05) is 18.5 Å². The van der Waals surface area contributed by atoms with E-state index in [0.717, 1.165) is 18.9 Å². The first-order valence-electron chi connectivity index (χ1n) is 6.86. The van der Waals surface area contributed by atoms with E-state index < -0.39 is 10.9 Å². The Kier molecular flexibility index (Phi) is 6.61. The summed E-state index contributed by atoms with van der Waals surface area (Å²) in [5, 5.41) is 31.9. The molecule has 116 valence electrons. The summed E-state index contributed by atoms with van der Waals surface area (Å²) in [6.45, 7) is 2.61. The molecule has 0 bridgehead atoms. The fraction of sp³-hybridized carbons (Fsp3) is 0.500. The largest absolute Gasteiger partial charge is 0.478 e. The maximum Gasteiger partial charge on any atom is 0.335 e. The van der Waals surface area contributed by atoms with Crippen molar-refractivity contribution in [3.8, 4) is 0 Å². The minimum absolute atomic E-state index is 0.0758. The number of nitrogens with one attached hydrogen (secondary N) is 1. The second kappa shape index (κ2) is 8.21. The van der Waals surface area contributed by atoms with Crippen LogP contribution in [0.25, 0.3) is 0 Å². The lowest BCUT2D eigenvalue weighted by Gasteiger charge is -2.16. The lowest BCUT2D eigenvalue weighted by atomic mass is 10.00. The molecule has 0 radical (unpaired) electrons. The van der Waals surface area contributed by atoms with Crippen LogP contribution in [0.4, 0.5) is 11.4 Å². The molecule has 21 heavy (non-hydrogen) atoms. The molecule has 7 heteroatoms. The van der Waals surface area contributed by atoms with Crippen molar-refractivity contribution in [1.82, 2.24) is 0 Å². The third kappa shape index (κ3) is 5.03. The number of carboxylic acid groups (broad SMARTS) is 1. The van der Waals surface area contributed by atoms with E-state index in [9.17, 15) is 14.9 Å². The molecule has 0 aromatic heterocycles. The van der Waals surface area contributed by atoms with E-state index in [0.29, 0.717) is 18.7 Å². The van der Waals surface area contributed by atoms with Crippen LogP contribution in [0.5, 0.6) is 0 Å². The predicted octanol–water partition coefficient (Wildman–Crippen LogP) is 2.50. The number of nitro groups is 1. The van der Waals surface area contributed by atoms with Gasteiger partial charge in [0.05, 0.1) is 10.5 Å². The minimum Gasteiger partial charge on any atom is -0.478 e. The van der Waals surface area contributed by atoms with Gasteiger partial charge in [0.1, 0.15) is 5.69 Å². The molecular weight excluding hydrogens is 276 g/mol. The number of aromatic carboxylic acids is 1. The Bertz CT molecular complexity index is 498. The molecule has 0 saturated carbocycles. The zero-order valence-corrected chi connectivity index (χ0v) is 11.9. The van der Waals surface area contributed by atoms with E-state index in [4.69, 9.17) is 10.2 Å². The Labute approximate surface area is 122 Å². The summed E-state index contributed by atoms with van der Waals surface area (Å²) >= 11 is 0. The first-order valence-corrected chi connectivity index (χ1v) is 6.86. The van der Waals surface area contributed by atoms with Gasteiger partial charge in [0, 0.05) is 19.2 Å². The fourth-order valence-electron chi connectivity index (χ4n) is 2.16. The molecule has 0 spiro atoms. The smallest absolute Gasteiger partial charge is 0.335 e. The molecule has 0 fully saturated rings. The average molecular weight is 296 g/mol. The normalized spacial score (nSPS) is 11.9. The zero-order chi connectivity index (χ0) is 15.8. The Morgan fingerprint density at radius 1 is 1.43 bits per heavy atom. The van der Waals surface area contributed by atoms with Gasteiger partial charge in [0.2, 0.25) is 0 Å². The molecule has 0 aliphatic carbocycles. The first kappa shape index (κ1) is 16.9. The van der Waals surface area contributed by atoms with Gasteiger partial charge in [0.25, 0.3) is 5.69 Å². The minimum atomic E-state index is -1.20. The number of nitro benzene ring substituents is 1. The number of anilines is 1. The van der Waals surface area contributed by atoms with Gasteiger partial charge in [-0.25, -0.2) is 4.79 Å². The van der Waals surface area contributed by atoms with Crippen LogP contribution in [0.1, 0.15) is 36.5 Å². The Hall–Kier alpha value is -2.15. The number of nitrogens with zero attached hydrogens (tertiary/aromatic N) is 1. The summed E-state index contributed by atoms with van der Waals surface area (Å²) in [5.74, 6) is -0.979. The van der Waals surface area contributed by atoms with E-state index in [2.05, 4.69) is 5.32 Å². The second-order valence-corrected chi connectivity index (χ2v) is 4.84. The van der Waals surface area contributed by atoms with E-state index in [1.54, 1.807) is 0 Å². The molecule has 1 aromatic rings. The Morgan fingerprint density at radius 2 is 2.14 bits per heavy atom. The van der Waals surface area contributed by atoms with E-state index in [1.807, 2.05) is 6.92 Å². The lowest BCUT2D eigenvalue weighted by molar-refractivity contribution is -0.384. The Morgan fingerprint density at radius 3 is 2.67 bits per heavy atom. The van der Waals surface area contributed by atoms with Crippen molar-refractivity contribution in [3.63, 3.8) is 0 Å². The number of aliphatic hydroxyl groups is 1. The summed E-state index contributed by atoms with van der Waals surface area (Å²) in [5.41, 5.74) is -0.0779. The highest BCUT2D eigenvalue weighted by Crippen LogP contribution is 2.26. The fourth-order valence-corrected chi connectivity index (χ4v) is 2.16.